The van der Waals surface area contributed by atoms with Gasteiger partial charge >= 0.3 is 0 Å². The second-order valence-electron chi connectivity index (χ2n) is 3.40. The third kappa shape index (κ3) is 4.18. The zero-order chi connectivity index (χ0) is 12.0. The van der Waals surface area contributed by atoms with Crippen LogP contribution in [0.15, 0.2) is 18.3 Å². The van der Waals surface area contributed by atoms with Crippen molar-refractivity contribution in [2.75, 3.05) is 11.5 Å². The van der Waals surface area contributed by atoms with Crippen molar-refractivity contribution in [3.8, 4) is 0 Å². The van der Waals surface area contributed by atoms with E-state index in [-0.39, 0.29) is 11.9 Å². The van der Waals surface area contributed by atoms with Crippen LogP contribution in [0, 0.1) is 5.95 Å². The number of amides is 1. The minimum absolute atomic E-state index is 0.0775. The van der Waals surface area contributed by atoms with Crippen molar-refractivity contribution in [3.63, 3.8) is 0 Å². The van der Waals surface area contributed by atoms with Gasteiger partial charge in [0.25, 0.3) is 5.91 Å². The molecule has 0 spiro atoms. The van der Waals surface area contributed by atoms with Crippen molar-refractivity contribution in [1.82, 2.24) is 10.3 Å². The van der Waals surface area contributed by atoms with E-state index in [1.807, 2.05) is 6.92 Å². The van der Waals surface area contributed by atoms with Gasteiger partial charge < -0.3 is 5.32 Å². The van der Waals surface area contributed by atoms with Gasteiger partial charge in [0, 0.05) is 29.6 Å². The normalized spacial score (nSPS) is 12.2. The van der Waals surface area contributed by atoms with E-state index in [2.05, 4.69) is 17.2 Å². The zero-order valence-corrected chi connectivity index (χ0v) is 10.2. The number of halogens is 1. The number of hydrogen-bond donors (Lipinski definition) is 1. The first-order valence-electron chi connectivity index (χ1n) is 5.13. The minimum Gasteiger partial charge on any atom is -0.349 e. The highest BCUT2D eigenvalue weighted by Crippen LogP contribution is 2.04. The molecule has 0 aliphatic rings. The van der Waals surface area contributed by atoms with Crippen molar-refractivity contribution >= 4 is 17.7 Å². The third-order valence-corrected chi connectivity index (χ3v) is 3.08. The molecule has 0 saturated heterocycles. The molecule has 3 nitrogen and oxygen atoms in total. The van der Waals surface area contributed by atoms with Crippen LogP contribution in [-0.4, -0.2) is 28.4 Å². The van der Waals surface area contributed by atoms with Crippen LogP contribution in [0.5, 0.6) is 0 Å². The molecule has 0 aromatic carbocycles. The van der Waals surface area contributed by atoms with Crippen molar-refractivity contribution in [2.24, 2.45) is 0 Å². The first-order chi connectivity index (χ1) is 7.63. The summed E-state index contributed by atoms with van der Waals surface area (Å²) in [7, 11) is 0. The number of thioether (sulfide) groups is 1. The van der Waals surface area contributed by atoms with E-state index < -0.39 is 5.95 Å². The largest absolute Gasteiger partial charge is 0.349 e. The maximum atomic E-state index is 12.8. The highest BCUT2D eigenvalue weighted by Gasteiger charge is 2.10. The highest BCUT2D eigenvalue weighted by molar-refractivity contribution is 7.99. The van der Waals surface area contributed by atoms with E-state index >= 15 is 0 Å². The second-order valence-corrected chi connectivity index (χ2v) is 4.72. The molecule has 0 radical (unpaired) electrons. The molecule has 1 unspecified atom stereocenters. The van der Waals surface area contributed by atoms with Crippen LogP contribution in [0.25, 0.3) is 0 Å². The standard InChI is InChI=1S/C11H15FN2OS/c1-3-16-7-8(2)14-11(15)9-4-5-13-10(12)6-9/h4-6,8H,3,7H2,1-2H3,(H,14,15). The molecule has 1 heterocycles. The Hall–Kier alpha value is -1.10. The Kier molecular flexibility index (Phi) is 5.25. The molecule has 0 bridgehead atoms. The van der Waals surface area contributed by atoms with Gasteiger partial charge in [-0.2, -0.15) is 16.2 Å². The summed E-state index contributed by atoms with van der Waals surface area (Å²) in [4.78, 5) is 15.1. The number of hydrogen-bond acceptors (Lipinski definition) is 3. The Morgan fingerprint density at radius 3 is 3.06 bits per heavy atom. The van der Waals surface area contributed by atoms with Gasteiger partial charge in [0.2, 0.25) is 5.95 Å². The fraction of sp³-hybridized carbons (Fsp3) is 0.455. The van der Waals surface area contributed by atoms with Crippen molar-refractivity contribution in [3.05, 3.63) is 29.8 Å². The maximum Gasteiger partial charge on any atom is 0.251 e. The minimum atomic E-state index is -0.636. The lowest BCUT2D eigenvalue weighted by molar-refractivity contribution is 0.0943. The second kappa shape index (κ2) is 6.48. The van der Waals surface area contributed by atoms with Crippen LogP contribution in [0.1, 0.15) is 24.2 Å². The van der Waals surface area contributed by atoms with E-state index in [0.717, 1.165) is 17.6 Å². The van der Waals surface area contributed by atoms with Gasteiger partial charge in [-0.3, -0.25) is 4.79 Å². The van der Waals surface area contributed by atoms with Gasteiger partial charge in [-0.15, -0.1) is 0 Å². The first-order valence-corrected chi connectivity index (χ1v) is 6.29. The van der Waals surface area contributed by atoms with E-state index in [0.29, 0.717) is 5.56 Å². The quantitative estimate of drug-likeness (QED) is 0.804. The van der Waals surface area contributed by atoms with Gasteiger partial charge in [0.1, 0.15) is 0 Å². The van der Waals surface area contributed by atoms with Crippen LogP contribution in [-0.2, 0) is 0 Å². The molecule has 5 heteroatoms. The summed E-state index contributed by atoms with van der Waals surface area (Å²) in [6, 6.07) is 2.71. The number of nitrogens with zero attached hydrogens (tertiary/aromatic N) is 1. The predicted octanol–water partition coefficient (Wildman–Crippen LogP) is 2.09. The van der Waals surface area contributed by atoms with Crippen LogP contribution in [0.4, 0.5) is 4.39 Å². The summed E-state index contributed by atoms with van der Waals surface area (Å²) >= 11 is 1.76. The molecule has 1 aromatic rings. The van der Waals surface area contributed by atoms with Gasteiger partial charge in [0.05, 0.1) is 0 Å². The molecular formula is C11H15FN2OS. The van der Waals surface area contributed by atoms with Crippen molar-refractivity contribution < 1.29 is 9.18 Å². The van der Waals surface area contributed by atoms with Crippen LogP contribution in [0.3, 0.4) is 0 Å². The molecule has 16 heavy (non-hydrogen) atoms. The van der Waals surface area contributed by atoms with Gasteiger partial charge in [-0.25, -0.2) is 4.98 Å². The molecule has 88 valence electrons. The molecular weight excluding hydrogens is 227 g/mol. The van der Waals surface area contributed by atoms with Crippen LogP contribution in [0.2, 0.25) is 0 Å². The Balaban J connectivity index is 2.52. The smallest absolute Gasteiger partial charge is 0.251 e. The lowest BCUT2D eigenvalue weighted by atomic mass is 10.2. The van der Waals surface area contributed by atoms with Crippen molar-refractivity contribution in [2.45, 2.75) is 19.9 Å². The van der Waals surface area contributed by atoms with Crippen LogP contribution >= 0.6 is 11.8 Å². The van der Waals surface area contributed by atoms with Crippen LogP contribution < -0.4 is 5.32 Å². The first kappa shape index (κ1) is 13.0. The Morgan fingerprint density at radius 2 is 2.44 bits per heavy atom. The molecule has 1 aromatic heterocycles. The van der Waals surface area contributed by atoms with E-state index in [4.69, 9.17) is 0 Å². The summed E-state index contributed by atoms with van der Waals surface area (Å²) in [6.07, 6.45) is 1.29. The average molecular weight is 242 g/mol. The molecule has 1 rings (SSSR count). The number of nitrogens with one attached hydrogen (secondary N) is 1. The number of aromatic nitrogens is 1. The monoisotopic (exact) mass is 242 g/mol. The predicted molar refractivity (Wildman–Crippen MR) is 64.1 cm³/mol. The summed E-state index contributed by atoms with van der Waals surface area (Å²) in [5.74, 6) is 0.980. The number of pyridine rings is 1. The van der Waals surface area contributed by atoms with E-state index in [1.54, 1.807) is 11.8 Å². The van der Waals surface area contributed by atoms with Gasteiger partial charge in [-0.05, 0) is 18.7 Å². The zero-order valence-electron chi connectivity index (χ0n) is 9.37. The van der Waals surface area contributed by atoms with Crippen molar-refractivity contribution in [1.29, 1.82) is 0 Å². The topological polar surface area (TPSA) is 42.0 Å². The fourth-order valence-corrected chi connectivity index (χ4v) is 1.86. The molecule has 1 amide bonds. The average Bonchev–Trinajstić information content (AvgIpc) is 2.26. The van der Waals surface area contributed by atoms with E-state index in [9.17, 15) is 9.18 Å². The number of carbonyl (C=O) groups excluding carboxylic acids is 1. The maximum absolute atomic E-state index is 12.8. The molecule has 1 atom stereocenters. The van der Waals surface area contributed by atoms with E-state index in [1.165, 1.54) is 12.3 Å². The molecule has 0 aliphatic heterocycles. The third-order valence-electron chi connectivity index (χ3n) is 1.94. The lowest BCUT2D eigenvalue weighted by Gasteiger charge is -2.12. The number of rotatable bonds is 5. The lowest BCUT2D eigenvalue weighted by Crippen LogP contribution is -2.34. The molecule has 0 aliphatic carbocycles. The highest BCUT2D eigenvalue weighted by atomic mass is 32.2. The summed E-state index contributed by atoms with van der Waals surface area (Å²) in [5, 5.41) is 2.80. The summed E-state index contributed by atoms with van der Waals surface area (Å²) in [5.41, 5.74) is 0.306. The van der Waals surface area contributed by atoms with Gasteiger partial charge in [-0.1, -0.05) is 6.92 Å². The SMILES string of the molecule is CCSCC(C)NC(=O)c1ccnc(F)c1. The summed E-state index contributed by atoms with van der Waals surface area (Å²) in [6.45, 7) is 4.00. The Morgan fingerprint density at radius 1 is 1.69 bits per heavy atom. The summed E-state index contributed by atoms with van der Waals surface area (Å²) < 4.78 is 12.8. The molecule has 1 N–H and O–H groups in total. The molecule has 0 saturated carbocycles. The Labute approximate surface area is 98.8 Å². The molecule has 0 fully saturated rings. The number of carbonyl (C=O) groups is 1. The fourth-order valence-electron chi connectivity index (χ4n) is 1.19. The van der Waals surface area contributed by atoms with Gasteiger partial charge in [0.15, 0.2) is 0 Å². The Bertz CT molecular complexity index is 360.